The Morgan fingerprint density at radius 2 is 0.453 bits per heavy atom. The summed E-state index contributed by atoms with van der Waals surface area (Å²) in [5.41, 5.74) is 1.18. The van der Waals surface area contributed by atoms with Gasteiger partial charge in [0.25, 0.3) is 0 Å². The minimum Gasteiger partial charge on any atom is -0.459 e. The van der Waals surface area contributed by atoms with Crippen molar-refractivity contribution in [3.8, 4) is 0 Å². The molecule has 0 aliphatic carbocycles. The van der Waals surface area contributed by atoms with Crippen LogP contribution in [-0.2, 0) is 61.9 Å². The van der Waals surface area contributed by atoms with Crippen LogP contribution in [0.1, 0.15) is 657 Å². The van der Waals surface area contributed by atoms with E-state index in [1.165, 1.54) is 424 Å². The zero-order valence-corrected chi connectivity index (χ0v) is 102. The first-order chi connectivity index (χ1) is 72.7. The van der Waals surface area contributed by atoms with Crippen LogP contribution in [0.5, 0.6) is 0 Å². The van der Waals surface area contributed by atoms with E-state index in [9.17, 15) is 29.7 Å². The number of hydrogen-bond acceptors (Lipinski definition) is 16. The SMILES string of the molecule is CCCCCCCCCCCCCCCCCCC[C@H](C)C[C@H](C)/C=C(\C)C(=O)OCC1O[C@H](O[C@H]2OC(CO)[C@@H](OC(=O)/C(C)=C/[C@@H](C)C[C@@H](C)CCCCCCCCCCCCCCCC)C(O)[C@@H]2OC(=O)/C(C)=C/[C@@H](C)C[C@@H](C)CCCCCCCCCCCCCCCCCCC)[C@H](OC(=O)CCCCCCCCCCCCCCC)C(OC(=O)/C(C)=C/[C@@H](C)C[C@@H](C)CCCCCCCCCCCCCCCC)[C@@H]1O. The van der Waals surface area contributed by atoms with Gasteiger partial charge in [0.15, 0.2) is 24.4 Å². The molecule has 0 radical (unpaired) electrons. The number of hydrogen-bond donors (Lipinski definition) is 3. The normalized spacial score (nSPS) is 20.1. The molecular formula is C134H248O16. The average molecular weight is 2120 g/mol. The van der Waals surface area contributed by atoms with E-state index in [0.29, 0.717) is 41.2 Å². The van der Waals surface area contributed by atoms with Crippen LogP contribution in [-0.4, -0.2) is 120 Å². The van der Waals surface area contributed by atoms with Crippen LogP contribution in [0.25, 0.3) is 0 Å². The van der Waals surface area contributed by atoms with Crippen LogP contribution in [0.15, 0.2) is 46.6 Å². The first kappa shape index (κ1) is 142. The fraction of sp³-hybridized carbons (Fsp3) is 0.903. The van der Waals surface area contributed by atoms with Crippen LogP contribution in [0.2, 0.25) is 0 Å². The van der Waals surface area contributed by atoms with E-state index in [-0.39, 0.29) is 41.2 Å². The summed E-state index contributed by atoms with van der Waals surface area (Å²) >= 11 is 0. The van der Waals surface area contributed by atoms with Gasteiger partial charge >= 0.3 is 29.8 Å². The summed E-state index contributed by atoms with van der Waals surface area (Å²) < 4.78 is 52.3. The Morgan fingerprint density at radius 1 is 0.247 bits per heavy atom. The molecule has 2 heterocycles. The number of carbonyl (C=O) groups is 5. The molecule has 16 heteroatoms. The van der Waals surface area contributed by atoms with Crippen molar-refractivity contribution in [1.82, 2.24) is 0 Å². The molecule has 0 bridgehead atoms. The van der Waals surface area contributed by atoms with E-state index < -0.39 is 104 Å². The molecule has 2 aliphatic rings. The standard InChI is InChI=1S/C134H248O16/c1-18-23-28-33-38-43-48-53-57-59-61-66-70-75-78-83-88-93-108(6)98-112(10)102-116(14)129(139)143-107-121-123(137)126(148-131(141)118(16)104-114(12)100-110(8)95-90-85-80-74-69-65-56-51-46-41-36-31-26-21-4)128(146-122(136)97-92-87-82-77-72-63-52-47-42-37-32-27-22-5)134(145-121)150-133-127(149-132(142)119(17)105-115(13)101-111(9)96-91-86-81-76-71-67-62-60-58-54-49-44-39-34-29-24-19-2)124(138)125(120(106-135)144-133)147-130(140)117(15)103-113(11)99-109(7)94-89-84-79-73-68-64-55-50-45-40-35-30-25-20-3/h102-105,108-115,120-121,123-128,133-135,137-138H,18-101,106-107H2,1-17H3/b116-102+,117-103+,118-104+,119-105+/t108-,109-,110-,111-,112-,113-,114-,115-,120?,121?,123+,124?,125+,126?,127-,128+,133+,134+/m0/s1. The predicted molar refractivity (Wildman–Crippen MR) is 633 cm³/mol. The molecule has 0 saturated carbocycles. The molecule has 18 atom stereocenters. The van der Waals surface area contributed by atoms with Gasteiger partial charge in [0.1, 0.15) is 31.0 Å². The molecule has 2 fully saturated rings. The molecule has 2 saturated heterocycles. The largest absolute Gasteiger partial charge is 0.459 e. The van der Waals surface area contributed by atoms with Gasteiger partial charge in [-0.1, -0.05) is 615 Å². The van der Waals surface area contributed by atoms with Gasteiger partial charge in [0, 0.05) is 28.7 Å². The summed E-state index contributed by atoms with van der Waals surface area (Å²) in [5, 5.41) is 37.6. The van der Waals surface area contributed by atoms with Gasteiger partial charge < -0.3 is 53.2 Å². The number of ether oxygens (including phenoxy) is 8. The third kappa shape index (κ3) is 76.7. The van der Waals surface area contributed by atoms with E-state index in [0.717, 1.165) is 103 Å². The van der Waals surface area contributed by atoms with Crippen molar-refractivity contribution in [2.75, 3.05) is 13.2 Å². The van der Waals surface area contributed by atoms with Gasteiger partial charge in [-0.3, -0.25) is 4.79 Å². The van der Waals surface area contributed by atoms with Crippen molar-refractivity contribution >= 4 is 29.8 Å². The second-order valence-electron chi connectivity index (χ2n) is 48.9. The minimum absolute atomic E-state index is 0.00149. The molecule has 0 spiro atoms. The maximum Gasteiger partial charge on any atom is 0.333 e. The second kappa shape index (κ2) is 98.2. The molecule has 2 rings (SSSR count). The number of esters is 5. The monoisotopic (exact) mass is 2110 g/mol. The highest BCUT2D eigenvalue weighted by Gasteiger charge is 2.56. The lowest BCUT2D eigenvalue weighted by Crippen LogP contribution is -2.66. The Labute approximate surface area is 927 Å². The molecule has 2 aliphatic heterocycles. The van der Waals surface area contributed by atoms with Gasteiger partial charge in [-0.15, -0.1) is 0 Å². The highest BCUT2D eigenvalue weighted by atomic mass is 16.8. The van der Waals surface area contributed by atoms with Crippen molar-refractivity contribution in [3.63, 3.8) is 0 Å². The topological polar surface area (TPSA) is 220 Å². The Bertz CT molecular complexity index is 3270. The van der Waals surface area contributed by atoms with Crippen LogP contribution in [0.3, 0.4) is 0 Å². The summed E-state index contributed by atoms with van der Waals surface area (Å²) in [6.45, 7) is 34.2. The summed E-state index contributed by atoms with van der Waals surface area (Å²) in [4.78, 5) is 74.2. The summed E-state index contributed by atoms with van der Waals surface area (Å²) in [6.07, 6.45) is 93.8. The first-order valence-corrected chi connectivity index (χ1v) is 65.4. The third-order valence-electron chi connectivity index (χ3n) is 32.8. The van der Waals surface area contributed by atoms with Gasteiger partial charge in [0.2, 0.25) is 12.6 Å². The zero-order chi connectivity index (χ0) is 110. The maximum atomic E-state index is 15.1. The highest BCUT2D eigenvalue weighted by molar-refractivity contribution is 5.89. The summed E-state index contributed by atoms with van der Waals surface area (Å²) in [7, 11) is 0. The van der Waals surface area contributed by atoms with Crippen LogP contribution >= 0.6 is 0 Å². The number of unbranched alkanes of at least 4 members (excludes halogenated alkanes) is 70. The van der Waals surface area contributed by atoms with E-state index in [2.05, 4.69) is 90.0 Å². The third-order valence-corrected chi connectivity index (χ3v) is 32.8. The molecular weight excluding hydrogens is 1870 g/mol. The average Bonchev–Trinajstić information content (AvgIpc) is 0.768. The quantitative estimate of drug-likeness (QED) is 0.0223. The molecule has 3 N–H and O–H groups in total. The molecule has 16 nitrogen and oxygen atoms in total. The van der Waals surface area contributed by atoms with Gasteiger partial charge in [-0.25, -0.2) is 19.2 Å². The van der Waals surface area contributed by atoms with Crippen molar-refractivity contribution in [2.45, 2.75) is 718 Å². The summed E-state index contributed by atoms with van der Waals surface area (Å²) in [6, 6.07) is 0. The number of rotatable bonds is 105. The second-order valence-corrected chi connectivity index (χ2v) is 48.9. The van der Waals surface area contributed by atoms with Crippen molar-refractivity contribution < 1.29 is 77.2 Å². The fourth-order valence-electron chi connectivity index (χ4n) is 23.4. The lowest BCUT2D eigenvalue weighted by Gasteiger charge is -2.47. The van der Waals surface area contributed by atoms with E-state index in [4.69, 9.17) is 37.9 Å². The molecule has 0 aromatic rings. The lowest BCUT2D eigenvalue weighted by atomic mass is 9.91. The van der Waals surface area contributed by atoms with Crippen molar-refractivity contribution in [2.24, 2.45) is 47.3 Å². The van der Waals surface area contributed by atoms with Crippen molar-refractivity contribution in [1.29, 1.82) is 0 Å². The number of allylic oxidation sites excluding steroid dienone is 4. The molecule has 4 unspecified atom stereocenters. The number of carbonyl (C=O) groups excluding carboxylic acids is 5. The first-order valence-electron chi connectivity index (χ1n) is 65.4. The van der Waals surface area contributed by atoms with Crippen molar-refractivity contribution in [3.05, 3.63) is 46.6 Å². The smallest absolute Gasteiger partial charge is 0.333 e. The maximum absolute atomic E-state index is 15.1. The molecule has 0 aromatic carbocycles. The van der Waals surface area contributed by atoms with E-state index >= 15 is 9.59 Å². The lowest BCUT2D eigenvalue weighted by molar-refractivity contribution is -0.377. The molecule has 150 heavy (non-hydrogen) atoms. The molecule has 880 valence electrons. The Kier molecular flexibility index (Phi) is 93.1. The Balaban J connectivity index is 2.69. The van der Waals surface area contributed by atoms with Crippen LogP contribution in [0.4, 0.5) is 0 Å². The number of aliphatic hydroxyl groups excluding tert-OH is 3. The van der Waals surface area contributed by atoms with E-state index in [1.807, 2.05) is 24.3 Å². The predicted octanol–water partition coefficient (Wildman–Crippen LogP) is 39.1. The fourth-order valence-corrected chi connectivity index (χ4v) is 23.4. The molecule has 0 amide bonds. The molecule has 0 aromatic heterocycles. The van der Waals surface area contributed by atoms with E-state index in [1.54, 1.807) is 27.7 Å². The minimum atomic E-state index is -1.92. The highest BCUT2D eigenvalue weighted by Crippen LogP contribution is 2.38. The van der Waals surface area contributed by atoms with Crippen LogP contribution < -0.4 is 0 Å². The zero-order valence-electron chi connectivity index (χ0n) is 102. The van der Waals surface area contributed by atoms with Gasteiger partial charge in [0.05, 0.1) is 6.61 Å². The van der Waals surface area contributed by atoms with Gasteiger partial charge in [-0.2, -0.15) is 0 Å². The Hall–Kier alpha value is -3.93. The van der Waals surface area contributed by atoms with Crippen LogP contribution in [0, 0.1) is 47.3 Å². The van der Waals surface area contributed by atoms with Gasteiger partial charge in [-0.05, 0) is 107 Å². The number of aliphatic hydroxyl groups is 3. The Morgan fingerprint density at radius 3 is 0.700 bits per heavy atom. The summed E-state index contributed by atoms with van der Waals surface area (Å²) in [5.74, 6) is -2.17.